The van der Waals surface area contributed by atoms with Crippen LogP contribution in [0, 0.1) is 5.41 Å². The van der Waals surface area contributed by atoms with Gasteiger partial charge in [0, 0.05) is 61.4 Å². The van der Waals surface area contributed by atoms with Crippen molar-refractivity contribution in [3.05, 3.63) is 47.5 Å². The number of piperazine rings is 1. The first-order valence-electron chi connectivity index (χ1n) is 10.5. The number of hydrogen-bond donors (Lipinski definition) is 4. The van der Waals surface area contributed by atoms with Crippen LogP contribution in [0.5, 0.6) is 0 Å². The quantitative estimate of drug-likeness (QED) is 0.495. The molecule has 12 heteroatoms. The second-order valence-corrected chi connectivity index (χ2v) is 8.29. The number of hydrogen-bond acceptors (Lipinski definition) is 9. The highest BCUT2D eigenvalue weighted by Crippen LogP contribution is 2.31. The van der Waals surface area contributed by atoms with E-state index in [0.717, 1.165) is 5.57 Å². The SMILES string of the molecule is C/C(N)=C(/C=N)C1CN(c2ccnc(C3=CNC4C=NC(CC(F)(F)F)=CN34)n2)CC(C)N1. The van der Waals surface area contributed by atoms with Crippen LogP contribution >= 0.6 is 0 Å². The summed E-state index contributed by atoms with van der Waals surface area (Å²) in [5, 5.41) is 14.3. The highest BCUT2D eigenvalue weighted by molar-refractivity contribution is 5.79. The summed E-state index contributed by atoms with van der Waals surface area (Å²) < 4.78 is 38.5. The van der Waals surface area contributed by atoms with Crippen molar-refractivity contribution in [1.82, 2.24) is 25.5 Å². The van der Waals surface area contributed by atoms with E-state index in [-0.39, 0.29) is 23.9 Å². The lowest BCUT2D eigenvalue weighted by atomic mass is 10.0. The number of aliphatic imine (C=N–C) groups is 1. The lowest BCUT2D eigenvalue weighted by Gasteiger charge is -2.39. The van der Waals surface area contributed by atoms with E-state index in [1.807, 2.05) is 6.92 Å². The Balaban J connectivity index is 1.58. The summed E-state index contributed by atoms with van der Waals surface area (Å²) in [7, 11) is 0. The molecule has 1 fully saturated rings. The van der Waals surface area contributed by atoms with Gasteiger partial charge in [0.15, 0.2) is 5.82 Å². The van der Waals surface area contributed by atoms with Gasteiger partial charge in [0.05, 0.1) is 18.2 Å². The molecule has 1 saturated heterocycles. The molecule has 0 saturated carbocycles. The second-order valence-electron chi connectivity index (χ2n) is 8.29. The molecule has 0 bridgehead atoms. The van der Waals surface area contributed by atoms with Crippen molar-refractivity contribution in [1.29, 1.82) is 5.41 Å². The Morgan fingerprint density at radius 2 is 2.15 bits per heavy atom. The number of allylic oxidation sites excluding steroid dienone is 2. The van der Waals surface area contributed by atoms with Gasteiger partial charge >= 0.3 is 6.18 Å². The molecule has 0 amide bonds. The molecule has 1 aromatic heterocycles. The summed E-state index contributed by atoms with van der Waals surface area (Å²) in [6, 6.07) is 1.79. The van der Waals surface area contributed by atoms with Crippen LogP contribution in [0.25, 0.3) is 5.70 Å². The summed E-state index contributed by atoms with van der Waals surface area (Å²) in [4.78, 5) is 16.7. The van der Waals surface area contributed by atoms with Crippen LogP contribution in [0.15, 0.2) is 46.6 Å². The summed E-state index contributed by atoms with van der Waals surface area (Å²) in [5.74, 6) is 1.08. The van der Waals surface area contributed by atoms with Crippen molar-refractivity contribution < 1.29 is 13.2 Å². The maximum absolute atomic E-state index is 12.8. The molecule has 33 heavy (non-hydrogen) atoms. The predicted molar refractivity (Wildman–Crippen MR) is 120 cm³/mol. The summed E-state index contributed by atoms with van der Waals surface area (Å²) in [6.07, 6.45) is 1.57. The first kappa shape index (κ1) is 22.8. The lowest BCUT2D eigenvalue weighted by Crippen LogP contribution is -2.57. The van der Waals surface area contributed by atoms with Crippen LogP contribution in [-0.4, -0.2) is 64.8 Å². The van der Waals surface area contributed by atoms with Crippen LogP contribution in [0.4, 0.5) is 19.0 Å². The van der Waals surface area contributed by atoms with Gasteiger partial charge in [-0.25, -0.2) is 9.97 Å². The maximum atomic E-state index is 12.8. The molecule has 0 aliphatic carbocycles. The topological polar surface area (TPSA) is 119 Å². The first-order chi connectivity index (χ1) is 15.6. The average Bonchev–Trinajstić information content (AvgIpc) is 3.16. The molecule has 3 aliphatic heterocycles. The van der Waals surface area contributed by atoms with Gasteiger partial charge in [0.25, 0.3) is 0 Å². The minimum absolute atomic E-state index is 0.0774. The molecular weight excluding hydrogens is 435 g/mol. The van der Waals surface area contributed by atoms with Crippen molar-refractivity contribution in [2.75, 3.05) is 18.0 Å². The number of fused-ring (bicyclic) bond motifs is 1. The zero-order valence-corrected chi connectivity index (χ0v) is 18.3. The first-order valence-corrected chi connectivity index (χ1v) is 10.5. The van der Waals surface area contributed by atoms with Crippen molar-refractivity contribution in [3.63, 3.8) is 0 Å². The molecule has 0 spiro atoms. The monoisotopic (exact) mass is 461 g/mol. The number of anilines is 1. The van der Waals surface area contributed by atoms with Crippen LogP contribution in [-0.2, 0) is 0 Å². The van der Waals surface area contributed by atoms with E-state index in [9.17, 15) is 13.2 Å². The Morgan fingerprint density at radius 1 is 1.36 bits per heavy atom. The summed E-state index contributed by atoms with van der Waals surface area (Å²) >= 11 is 0. The minimum atomic E-state index is -4.34. The minimum Gasteiger partial charge on any atom is -0.402 e. The lowest BCUT2D eigenvalue weighted by molar-refractivity contribution is -0.127. The summed E-state index contributed by atoms with van der Waals surface area (Å²) in [5.41, 5.74) is 7.76. The largest absolute Gasteiger partial charge is 0.402 e. The molecule has 176 valence electrons. The van der Waals surface area contributed by atoms with Crippen LogP contribution in [0.3, 0.4) is 0 Å². The molecule has 9 nitrogen and oxygen atoms in total. The smallest absolute Gasteiger partial charge is 0.394 e. The third kappa shape index (κ3) is 5.00. The number of alkyl halides is 3. The number of rotatable bonds is 5. The third-order valence-electron chi connectivity index (χ3n) is 5.58. The second kappa shape index (κ2) is 8.85. The fraction of sp³-hybridized carbons (Fsp3) is 0.429. The van der Waals surface area contributed by atoms with E-state index in [0.29, 0.717) is 36.1 Å². The molecule has 4 heterocycles. The molecular formula is C21H26F3N9. The Bertz CT molecular complexity index is 1040. The normalized spacial score (nSPS) is 25.7. The van der Waals surface area contributed by atoms with Gasteiger partial charge in [0.2, 0.25) is 0 Å². The molecule has 0 aromatic carbocycles. The number of halogens is 3. The Kier molecular flexibility index (Phi) is 6.11. The van der Waals surface area contributed by atoms with Gasteiger partial charge in [0.1, 0.15) is 17.7 Å². The van der Waals surface area contributed by atoms with E-state index in [4.69, 9.17) is 16.1 Å². The van der Waals surface area contributed by atoms with E-state index >= 15 is 0 Å². The van der Waals surface area contributed by atoms with Crippen molar-refractivity contribution in [3.8, 4) is 0 Å². The maximum Gasteiger partial charge on any atom is 0.394 e. The molecule has 3 aliphatic rings. The van der Waals surface area contributed by atoms with Gasteiger partial charge in [-0.15, -0.1) is 0 Å². The van der Waals surface area contributed by atoms with E-state index in [2.05, 4.69) is 25.5 Å². The van der Waals surface area contributed by atoms with Gasteiger partial charge in [-0.2, -0.15) is 13.2 Å². The Morgan fingerprint density at radius 3 is 2.85 bits per heavy atom. The Hall–Kier alpha value is -3.41. The van der Waals surface area contributed by atoms with E-state index in [1.54, 1.807) is 30.3 Å². The summed E-state index contributed by atoms with van der Waals surface area (Å²) in [6.45, 7) is 5.06. The van der Waals surface area contributed by atoms with Crippen molar-refractivity contribution >= 4 is 23.9 Å². The van der Waals surface area contributed by atoms with Gasteiger partial charge < -0.3 is 31.6 Å². The predicted octanol–water partition coefficient (Wildman–Crippen LogP) is 1.93. The Labute approximate surface area is 189 Å². The fourth-order valence-corrected chi connectivity index (χ4v) is 4.16. The third-order valence-corrected chi connectivity index (χ3v) is 5.58. The van der Waals surface area contributed by atoms with E-state index < -0.39 is 12.6 Å². The van der Waals surface area contributed by atoms with Gasteiger partial charge in [-0.05, 0) is 19.9 Å². The van der Waals surface area contributed by atoms with Crippen molar-refractivity contribution in [2.24, 2.45) is 10.7 Å². The number of nitrogens with zero attached hydrogens (tertiary/aromatic N) is 5. The van der Waals surface area contributed by atoms with Gasteiger partial charge in [-0.1, -0.05) is 0 Å². The fourth-order valence-electron chi connectivity index (χ4n) is 4.16. The average molecular weight is 461 g/mol. The molecule has 0 radical (unpaired) electrons. The van der Waals surface area contributed by atoms with Crippen LogP contribution in [0.1, 0.15) is 26.1 Å². The van der Waals surface area contributed by atoms with E-state index in [1.165, 1.54) is 18.6 Å². The van der Waals surface area contributed by atoms with Crippen molar-refractivity contribution in [2.45, 2.75) is 44.7 Å². The molecule has 5 N–H and O–H groups in total. The van der Waals surface area contributed by atoms with Gasteiger partial charge in [-0.3, -0.25) is 4.99 Å². The molecule has 3 unspecified atom stereocenters. The molecule has 3 atom stereocenters. The number of nitrogens with two attached hydrogens (primary N) is 1. The highest BCUT2D eigenvalue weighted by Gasteiger charge is 2.34. The zero-order chi connectivity index (χ0) is 23.8. The zero-order valence-electron chi connectivity index (χ0n) is 18.3. The standard InChI is InChI=1S/C21H26F3N9/c1-12-9-32(11-16(30-12)15(6-25)13(2)26)18-3-4-27-20(31-18)17-7-29-19-8-28-14(10-33(17)19)5-21(22,23)24/h3-4,6-8,10,12,16,19,25,29-30H,5,9,11,26H2,1-2H3/b15-13+,25-6?. The van der Waals surface area contributed by atoms with Crippen LogP contribution in [0.2, 0.25) is 0 Å². The number of aromatic nitrogens is 2. The number of nitrogens with one attached hydrogen (secondary N) is 3. The van der Waals surface area contributed by atoms with Crippen LogP contribution < -0.4 is 21.3 Å². The highest BCUT2D eigenvalue weighted by atomic mass is 19.4. The molecule has 4 rings (SSSR count). The molecule has 1 aromatic rings.